The highest BCUT2D eigenvalue weighted by Gasteiger charge is 2.21. The summed E-state index contributed by atoms with van der Waals surface area (Å²) in [6.45, 7) is 9.51. The zero-order valence-corrected chi connectivity index (χ0v) is 11.7. The van der Waals surface area contributed by atoms with Crippen LogP contribution in [0.2, 0.25) is 0 Å². The van der Waals surface area contributed by atoms with Gasteiger partial charge in [-0.2, -0.15) is 0 Å². The van der Waals surface area contributed by atoms with Gasteiger partial charge in [0.15, 0.2) is 5.17 Å². The van der Waals surface area contributed by atoms with Crippen LogP contribution in [-0.2, 0) is 4.74 Å². The van der Waals surface area contributed by atoms with Crippen LogP contribution < -0.4 is 5.32 Å². The van der Waals surface area contributed by atoms with E-state index in [2.05, 4.69) is 31.1 Å². The molecule has 3 nitrogen and oxygen atoms in total. The van der Waals surface area contributed by atoms with E-state index in [4.69, 9.17) is 4.74 Å². The third-order valence-electron chi connectivity index (χ3n) is 2.87. The van der Waals surface area contributed by atoms with Crippen molar-refractivity contribution in [3.05, 3.63) is 0 Å². The topological polar surface area (TPSA) is 33.6 Å². The SMILES string of the molecule is CCC1CN=C(NCC(C)(C)CCOC)S1. The van der Waals surface area contributed by atoms with Gasteiger partial charge in [0.05, 0.1) is 6.54 Å². The van der Waals surface area contributed by atoms with Crippen molar-refractivity contribution < 1.29 is 4.74 Å². The van der Waals surface area contributed by atoms with Crippen molar-refractivity contribution in [2.75, 3.05) is 26.8 Å². The van der Waals surface area contributed by atoms with Crippen LogP contribution in [0, 0.1) is 5.41 Å². The van der Waals surface area contributed by atoms with Crippen molar-refractivity contribution in [2.24, 2.45) is 10.4 Å². The molecule has 0 bridgehead atoms. The molecule has 1 aliphatic rings. The minimum absolute atomic E-state index is 0.267. The highest BCUT2D eigenvalue weighted by atomic mass is 32.2. The maximum atomic E-state index is 5.12. The van der Waals surface area contributed by atoms with Gasteiger partial charge in [-0.25, -0.2) is 0 Å². The van der Waals surface area contributed by atoms with Crippen molar-refractivity contribution in [1.82, 2.24) is 5.32 Å². The van der Waals surface area contributed by atoms with Gasteiger partial charge in [-0.3, -0.25) is 4.99 Å². The van der Waals surface area contributed by atoms with Crippen LogP contribution in [0.4, 0.5) is 0 Å². The average molecular weight is 244 g/mol. The number of rotatable bonds is 6. The number of aliphatic imine (C=N–C) groups is 1. The number of nitrogens with zero attached hydrogens (tertiary/aromatic N) is 1. The van der Waals surface area contributed by atoms with Crippen molar-refractivity contribution >= 4 is 16.9 Å². The number of thioether (sulfide) groups is 1. The lowest BCUT2D eigenvalue weighted by Gasteiger charge is -2.25. The number of ether oxygens (including phenoxy) is 1. The Morgan fingerprint density at radius 1 is 1.56 bits per heavy atom. The molecular formula is C12H24N2OS. The summed E-state index contributed by atoms with van der Waals surface area (Å²) in [5.74, 6) is 0. The molecule has 4 heteroatoms. The van der Waals surface area contributed by atoms with Crippen LogP contribution in [0.3, 0.4) is 0 Å². The Balaban J connectivity index is 2.24. The van der Waals surface area contributed by atoms with E-state index in [1.807, 2.05) is 11.8 Å². The fraction of sp³-hybridized carbons (Fsp3) is 0.917. The number of nitrogens with one attached hydrogen (secondary N) is 1. The van der Waals surface area contributed by atoms with Gasteiger partial charge in [-0.05, 0) is 18.3 Å². The number of hydrogen-bond acceptors (Lipinski definition) is 4. The van der Waals surface area contributed by atoms with Crippen LogP contribution in [0.1, 0.15) is 33.6 Å². The van der Waals surface area contributed by atoms with Crippen molar-refractivity contribution in [3.63, 3.8) is 0 Å². The maximum absolute atomic E-state index is 5.12. The average Bonchev–Trinajstić information content (AvgIpc) is 2.72. The number of methoxy groups -OCH3 is 1. The first-order chi connectivity index (χ1) is 7.57. The lowest BCUT2D eigenvalue weighted by Crippen LogP contribution is -2.33. The van der Waals surface area contributed by atoms with Gasteiger partial charge in [0.2, 0.25) is 0 Å². The Labute approximate surface area is 103 Å². The Morgan fingerprint density at radius 3 is 2.88 bits per heavy atom. The quantitative estimate of drug-likeness (QED) is 0.779. The van der Waals surface area contributed by atoms with E-state index in [1.54, 1.807) is 7.11 Å². The van der Waals surface area contributed by atoms with Gasteiger partial charge in [0.25, 0.3) is 0 Å². The van der Waals surface area contributed by atoms with E-state index in [1.165, 1.54) is 6.42 Å². The van der Waals surface area contributed by atoms with Crippen LogP contribution >= 0.6 is 11.8 Å². The van der Waals surface area contributed by atoms with Crippen LogP contribution in [0.5, 0.6) is 0 Å². The summed E-state index contributed by atoms with van der Waals surface area (Å²) >= 11 is 1.88. The van der Waals surface area contributed by atoms with Gasteiger partial charge in [-0.15, -0.1) is 0 Å². The fourth-order valence-electron chi connectivity index (χ4n) is 1.51. The minimum atomic E-state index is 0.267. The molecule has 0 aliphatic carbocycles. The zero-order chi connectivity index (χ0) is 12.0. The van der Waals surface area contributed by atoms with Gasteiger partial charge < -0.3 is 10.1 Å². The third kappa shape index (κ3) is 4.74. The summed E-state index contributed by atoms with van der Waals surface area (Å²) in [6.07, 6.45) is 2.28. The first-order valence-corrected chi connectivity index (χ1v) is 6.89. The molecule has 0 amide bonds. The molecule has 1 atom stereocenters. The Hall–Kier alpha value is -0.220. The summed E-state index contributed by atoms with van der Waals surface area (Å²) in [4.78, 5) is 4.51. The largest absolute Gasteiger partial charge is 0.385 e. The molecule has 0 aromatic carbocycles. The number of hydrogen-bond donors (Lipinski definition) is 1. The molecule has 16 heavy (non-hydrogen) atoms. The van der Waals surface area contributed by atoms with E-state index in [9.17, 15) is 0 Å². The van der Waals surface area contributed by atoms with Crippen molar-refractivity contribution in [2.45, 2.75) is 38.9 Å². The standard InChI is InChI=1S/C12H24N2OS/c1-5-10-8-13-11(16-10)14-9-12(2,3)6-7-15-4/h10H,5-9H2,1-4H3,(H,13,14). The molecule has 0 saturated carbocycles. The van der Waals surface area contributed by atoms with E-state index in [0.717, 1.165) is 31.3 Å². The summed E-state index contributed by atoms with van der Waals surface area (Å²) < 4.78 is 5.12. The van der Waals surface area contributed by atoms with Crippen molar-refractivity contribution in [1.29, 1.82) is 0 Å². The monoisotopic (exact) mass is 244 g/mol. The molecule has 0 spiro atoms. The Kier molecular flexibility index (Phi) is 5.62. The summed E-state index contributed by atoms with van der Waals surface area (Å²) in [6, 6.07) is 0. The predicted molar refractivity (Wildman–Crippen MR) is 72.2 cm³/mol. The molecule has 0 radical (unpaired) electrons. The molecule has 1 N–H and O–H groups in total. The van der Waals surface area contributed by atoms with E-state index in [-0.39, 0.29) is 5.41 Å². The lowest BCUT2D eigenvalue weighted by molar-refractivity contribution is 0.153. The molecule has 0 saturated heterocycles. The molecule has 0 aromatic heterocycles. The Bertz CT molecular complexity index is 241. The van der Waals surface area contributed by atoms with Crippen LogP contribution in [-0.4, -0.2) is 37.2 Å². The van der Waals surface area contributed by atoms with Crippen molar-refractivity contribution in [3.8, 4) is 0 Å². The van der Waals surface area contributed by atoms with Crippen LogP contribution in [0.25, 0.3) is 0 Å². The third-order valence-corrected chi connectivity index (χ3v) is 4.19. The molecule has 1 rings (SSSR count). The van der Waals surface area contributed by atoms with Crippen LogP contribution in [0.15, 0.2) is 4.99 Å². The van der Waals surface area contributed by atoms with Gasteiger partial charge in [0.1, 0.15) is 0 Å². The summed E-state index contributed by atoms with van der Waals surface area (Å²) in [5, 5.41) is 5.26. The molecular weight excluding hydrogens is 220 g/mol. The second-order valence-corrected chi connectivity index (χ2v) is 6.34. The second-order valence-electron chi connectivity index (χ2n) is 5.05. The summed E-state index contributed by atoms with van der Waals surface area (Å²) in [7, 11) is 1.76. The molecule has 1 unspecified atom stereocenters. The molecule has 0 aromatic rings. The second kappa shape index (κ2) is 6.50. The Morgan fingerprint density at radius 2 is 2.31 bits per heavy atom. The highest BCUT2D eigenvalue weighted by Crippen LogP contribution is 2.24. The van der Waals surface area contributed by atoms with E-state index in [0.29, 0.717) is 5.25 Å². The number of amidine groups is 1. The smallest absolute Gasteiger partial charge is 0.156 e. The molecule has 1 heterocycles. The van der Waals surface area contributed by atoms with E-state index >= 15 is 0 Å². The first-order valence-electron chi connectivity index (χ1n) is 6.01. The minimum Gasteiger partial charge on any atom is -0.385 e. The van der Waals surface area contributed by atoms with Gasteiger partial charge in [0, 0.05) is 25.5 Å². The molecule has 1 aliphatic heterocycles. The van der Waals surface area contributed by atoms with Gasteiger partial charge in [-0.1, -0.05) is 32.5 Å². The zero-order valence-electron chi connectivity index (χ0n) is 10.9. The molecule has 94 valence electrons. The lowest BCUT2D eigenvalue weighted by atomic mass is 9.90. The first kappa shape index (κ1) is 13.8. The highest BCUT2D eigenvalue weighted by molar-refractivity contribution is 8.14. The summed E-state index contributed by atoms with van der Waals surface area (Å²) in [5.41, 5.74) is 0.267. The fourth-order valence-corrected chi connectivity index (χ4v) is 2.44. The maximum Gasteiger partial charge on any atom is 0.156 e. The predicted octanol–water partition coefficient (Wildman–Crippen LogP) is 2.52. The van der Waals surface area contributed by atoms with E-state index < -0.39 is 0 Å². The molecule has 0 fully saturated rings. The normalized spacial score (nSPS) is 21.0. The van der Waals surface area contributed by atoms with Gasteiger partial charge >= 0.3 is 0 Å².